The van der Waals surface area contributed by atoms with Gasteiger partial charge in [-0.25, -0.2) is 0 Å². The van der Waals surface area contributed by atoms with Crippen LogP contribution in [-0.2, 0) is 5.60 Å². The molecule has 6 nitrogen and oxygen atoms in total. The van der Waals surface area contributed by atoms with Crippen LogP contribution in [0, 0.1) is 5.92 Å². The molecule has 1 saturated heterocycles. The number of nitrogens with zero attached hydrogens (tertiary/aromatic N) is 2. The number of benzene rings is 2. The first kappa shape index (κ1) is 21.5. The third-order valence-electron chi connectivity index (χ3n) is 6.02. The van der Waals surface area contributed by atoms with E-state index < -0.39 is 5.60 Å². The van der Waals surface area contributed by atoms with E-state index in [4.69, 9.17) is 11.6 Å². The summed E-state index contributed by atoms with van der Waals surface area (Å²) in [6.07, 6.45) is 0.815. The van der Waals surface area contributed by atoms with E-state index in [1.54, 1.807) is 29.2 Å². The van der Waals surface area contributed by atoms with Gasteiger partial charge in [-0.2, -0.15) is 0 Å². The van der Waals surface area contributed by atoms with Crippen LogP contribution < -0.4 is 0 Å². The second-order valence-corrected chi connectivity index (χ2v) is 9.14. The first-order valence-electron chi connectivity index (χ1n) is 10.5. The number of rotatable bonds is 4. The van der Waals surface area contributed by atoms with Crippen molar-refractivity contribution in [2.24, 2.45) is 5.92 Å². The zero-order valence-corrected chi connectivity index (χ0v) is 18.4. The van der Waals surface area contributed by atoms with E-state index in [9.17, 15) is 19.5 Å². The topological polar surface area (TPSA) is 77.9 Å². The molecule has 0 bridgehead atoms. The Morgan fingerprint density at radius 1 is 1.03 bits per heavy atom. The molecule has 4 rings (SSSR count). The zero-order chi connectivity index (χ0) is 22.3. The van der Waals surface area contributed by atoms with Crippen molar-refractivity contribution in [3.05, 3.63) is 69.7 Å². The quantitative estimate of drug-likeness (QED) is 0.735. The van der Waals surface area contributed by atoms with Crippen LogP contribution in [0.25, 0.3) is 0 Å². The molecule has 7 heteroatoms. The summed E-state index contributed by atoms with van der Waals surface area (Å²) in [7, 11) is 0. The maximum Gasteiger partial charge on any atom is 0.261 e. The molecule has 0 saturated carbocycles. The Morgan fingerprint density at radius 3 is 2.26 bits per heavy atom. The fraction of sp³-hybridized carbons (Fsp3) is 0.375. The van der Waals surface area contributed by atoms with Crippen molar-refractivity contribution in [2.75, 3.05) is 19.6 Å². The van der Waals surface area contributed by atoms with E-state index in [2.05, 4.69) is 0 Å². The van der Waals surface area contributed by atoms with Crippen LogP contribution >= 0.6 is 11.6 Å². The molecule has 0 aromatic heterocycles. The van der Waals surface area contributed by atoms with Gasteiger partial charge < -0.3 is 10.0 Å². The zero-order valence-electron chi connectivity index (χ0n) is 17.6. The number of aliphatic hydroxyl groups is 1. The Morgan fingerprint density at radius 2 is 1.65 bits per heavy atom. The van der Waals surface area contributed by atoms with Crippen molar-refractivity contribution in [2.45, 2.75) is 32.3 Å². The fourth-order valence-corrected chi connectivity index (χ4v) is 4.39. The second kappa shape index (κ2) is 8.09. The van der Waals surface area contributed by atoms with Crippen molar-refractivity contribution in [3.8, 4) is 0 Å². The second-order valence-electron chi connectivity index (χ2n) is 8.71. The Balaban J connectivity index is 1.48. The van der Waals surface area contributed by atoms with Gasteiger partial charge in [-0.3, -0.25) is 19.3 Å². The summed E-state index contributed by atoms with van der Waals surface area (Å²) in [5, 5.41) is 11.6. The van der Waals surface area contributed by atoms with Gasteiger partial charge in [0.25, 0.3) is 17.7 Å². The lowest BCUT2D eigenvalue weighted by Crippen LogP contribution is -2.45. The molecule has 2 heterocycles. The smallest absolute Gasteiger partial charge is 0.261 e. The monoisotopic (exact) mass is 440 g/mol. The van der Waals surface area contributed by atoms with E-state index >= 15 is 0 Å². The van der Waals surface area contributed by atoms with Crippen molar-refractivity contribution < 1.29 is 19.5 Å². The summed E-state index contributed by atoms with van der Waals surface area (Å²) in [6, 6.07) is 11.8. The number of carbonyl (C=O) groups excluding carboxylic acids is 3. The van der Waals surface area contributed by atoms with Gasteiger partial charge in [0.15, 0.2) is 0 Å². The summed E-state index contributed by atoms with van der Waals surface area (Å²) >= 11 is 5.94. The molecule has 2 aromatic rings. The van der Waals surface area contributed by atoms with E-state index in [0.717, 1.165) is 5.56 Å². The minimum absolute atomic E-state index is 0.163. The van der Waals surface area contributed by atoms with Crippen LogP contribution in [0.4, 0.5) is 0 Å². The number of carbonyl (C=O) groups is 3. The average molecular weight is 441 g/mol. The lowest BCUT2D eigenvalue weighted by molar-refractivity contribution is -0.0211. The molecule has 0 aliphatic carbocycles. The lowest BCUT2D eigenvalue weighted by atomic mass is 9.84. The highest BCUT2D eigenvalue weighted by atomic mass is 35.5. The van der Waals surface area contributed by atoms with Crippen molar-refractivity contribution >= 4 is 29.3 Å². The summed E-state index contributed by atoms with van der Waals surface area (Å²) < 4.78 is 0. The molecule has 162 valence electrons. The lowest BCUT2D eigenvalue weighted by Gasteiger charge is -2.38. The molecule has 3 amide bonds. The highest BCUT2D eigenvalue weighted by molar-refractivity contribution is 6.30. The van der Waals surface area contributed by atoms with Crippen LogP contribution in [0.1, 0.15) is 63.3 Å². The number of fused-ring (bicyclic) bond motifs is 1. The molecule has 0 radical (unpaired) electrons. The number of likely N-dealkylation sites (tertiary alicyclic amines) is 1. The molecule has 0 atom stereocenters. The number of piperidine rings is 1. The molecular formula is C24H25ClN2O4. The SMILES string of the molecule is CC(C)CN1C(=O)c2ccc(C(=O)N3CCC(O)(c4ccc(Cl)cc4)CC3)cc2C1=O. The summed E-state index contributed by atoms with van der Waals surface area (Å²) in [5.74, 6) is -0.697. The van der Waals surface area contributed by atoms with Gasteiger partial charge in [-0.1, -0.05) is 37.6 Å². The van der Waals surface area contributed by atoms with Gasteiger partial charge >= 0.3 is 0 Å². The Bertz CT molecular complexity index is 1040. The maximum atomic E-state index is 13.1. The third kappa shape index (κ3) is 3.98. The molecule has 31 heavy (non-hydrogen) atoms. The minimum Gasteiger partial charge on any atom is -0.385 e. The normalized spacial score (nSPS) is 18.0. The third-order valence-corrected chi connectivity index (χ3v) is 6.28. The van der Waals surface area contributed by atoms with Gasteiger partial charge in [0.05, 0.1) is 16.7 Å². The van der Waals surface area contributed by atoms with Crippen molar-refractivity contribution in [1.82, 2.24) is 9.80 Å². The average Bonchev–Trinajstić information content (AvgIpc) is 2.98. The van der Waals surface area contributed by atoms with Gasteiger partial charge in [0.1, 0.15) is 0 Å². The standard InChI is InChI=1S/C24H25ClN2O4/c1-15(2)14-27-22(29)19-8-3-16(13-20(19)23(27)30)21(28)26-11-9-24(31,10-12-26)17-4-6-18(25)7-5-17/h3-8,13,15,31H,9-12,14H2,1-2H3. The highest BCUT2D eigenvalue weighted by Gasteiger charge is 2.38. The molecule has 1 fully saturated rings. The summed E-state index contributed by atoms with van der Waals surface area (Å²) in [5.41, 5.74) is 0.794. The Kier molecular flexibility index (Phi) is 5.62. The van der Waals surface area contributed by atoms with Gasteiger partial charge in [0.2, 0.25) is 0 Å². The number of hydrogen-bond acceptors (Lipinski definition) is 4. The van der Waals surface area contributed by atoms with Crippen LogP contribution in [0.15, 0.2) is 42.5 Å². The molecule has 0 unspecified atom stereocenters. The minimum atomic E-state index is -1.00. The Labute approximate surface area is 186 Å². The van der Waals surface area contributed by atoms with Crippen molar-refractivity contribution in [3.63, 3.8) is 0 Å². The van der Waals surface area contributed by atoms with Crippen LogP contribution in [-0.4, -0.2) is 52.3 Å². The Hall–Kier alpha value is -2.70. The van der Waals surface area contributed by atoms with Crippen LogP contribution in [0.5, 0.6) is 0 Å². The summed E-state index contributed by atoms with van der Waals surface area (Å²) in [6.45, 7) is 5.02. The van der Waals surface area contributed by atoms with E-state index in [0.29, 0.717) is 48.6 Å². The van der Waals surface area contributed by atoms with Crippen molar-refractivity contribution in [1.29, 1.82) is 0 Å². The number of halogens is 1. The first-order chi connectivity index (χ1) is 14.7. The fourth-order valence-electron chi connectivity index (χ4n) is 4.27. The van der Waals surface area contributed by atoms with E-state index in [1.807, 2.05) is 26.0 Å². The maximum absolute atomic E-state index is 13.1. The van der Waals surface area contributed by atoms with Gasteiger partial charge in [-0.15, -0.1) is 0 Å². The van der Waals surface area contributed by atoms with Gasteiger partial charge in [-0.05, 0) is 54.7 Å². The molecule has 2 aliphatic heterocycles. The predicted octanol–water partition coefficient (Wildman–Crippen LogP) is 3.72. The van der Waals surface area contributed by atoms with E-state index in [-0.39, 0.29) is 29.2 Å². The van der Waals surface area contributed by atoms with Gasteiger partial charge in [0, 0.05) is 30.2 Å². The van der Waals surface area contributed by atoms with Crippen LogP contribution in [0.2, 0.25) is 5.02 Å². The largest absolute Gasteiger partial charge is 0.385 e. The number of hydrogen-bond donors (Lipinski definition) is 1. The first-order valence-corrected chi connectivity index (χ1v) is 10.9. The number of amides is 3. The van der Waals surface area contributed by atoms with Crippen LogP contribution in [0.3, 0.4) is 0 Å². The summed E-state index contributed by atoms with van der Waals surface area (Å²) in [4.78, 5) is 41.2. The molecule has 1 N–H and O–H groups in total. The molecule has 2 aliphatic rings. The van der Waals surface area contributed by atoms with E-state index in [1.165, 1.54) is 11.0 Å². The molecule has 0 spiro atoms. The molecule has 2 aromatic carbocycles. The predicted molar refractivity (Wildman–Crippen MR) is 117 cm³/mol. The molecular weight excluding hydrogens is 416 g/mol. The number of imide groups is 1. The highest BCUT2D eigenvalue weighted by Crippen LogP contribution is 2.34.